The Labute approximate surface area is 217 Å². The molecule has 0 bridgehead atoms. The summed E-state index contributed by atoms with van der Waals surface area (Å²) in [4.78, 5) is 12.4. The van der Waals surface area contributed by atoms with Crippen LogP contribution >= 0.6 is 0 Å². The van der Waals surface area contributed by atoms with E-state index in [2.05, 4.69) is 17.6 Å². The summed E-state index contributed by atoms with van der Waals surface area (Å²) in [5, 5.41) is 6.49. The van der Waals surface area contributed by atoms with Gasteiger partial charge in [0, 0.05) is 30.4 Å². The van der Waals surface area contributed by atoms with Gasteiger partial charge in [0.2, 0.25) is 0 Å². The number of rotatable bonds is 17. The molecule has 2 N–H and O–H groups in total. The van der Waals surface area contributed by atoms with Gasteiger partial charge in [-0.15, -0.1) is 0 Å². The molecule has 0 aromatic heterocycles. The summed E-state index contributed by atoms with van der Waals surface area (Å²) in [6.07, 6.45) is 13.0. The van der Waals surface area contributed by atoms with Crippen molar-refractivity contribution < 1.29 is 9.53 Å². The van der Waals surface area contributed by atoms with Crippen molar-refractivity contribution in [2.45, 2.75) is 77.7 Å². The lowest BCUT2D eigenvalue weighted by atomic mass is 10.1. The molecule has 1 amide bonds. The molecular formula is C32H42N2O2. The second-order valence-corrected chi connectivity index (χ2v) is 9.43. The third-order valence-corrected chi connectivity index (χ3v) is 6.34. The quantitative estimate of drug-likeness (QED) is 0.188. The molecule has 0 aliphatic rings. The maximum absolute atomic E-state index is 12.4. The monoisotopic (exact) mass is 486 g/mol. The van der Waals surface area contributed by atoms with Gasteiger partial charge in [-0.25, -0.2) is 0 Å². The Bertz CT molecular complexity index is 1000. The van der Waals surface area contributed by atoms with E-state index < -0.39 is 0 Å². The van der Waals surface area contributed by atoms with Gasteiger partial charge in [-0.1, -0.05) is 101 Å². The highest BCUT2D eigenvalue weighted by atomic mass is 16.5. The summed E-state index contributed by atoms with van der Waals surface area (Å²) in [5.74, 6) is 1.62. The van der Waals surface area contributed by atoms with Crippen molar-refractivity contribution in [3.05, 3.63) is 90.0 Å². The number of benzene rings is 3. The molecule has 0 aliphatic carbocycles. The van der Waals surface area contributed by atoms with E-state index in [0.717, 1.165) is 35.7 Å². The van der Waals surface area contributed by atoms with Crippen LogP contribution in [0.15, 0.2) is 78.9 Å². The predicted molar refractivity (Wildman–Crippen MR) is 151 cm³/mol. The van der Waals surface area contributed by atoms with Gasteiger partial charge < -0.3 is 15.4 Å². The lowest BCUT2D eigenvalue weighted by Crippen LogP contribution is -2.24. The van der Waals surface area contributed by atoms with E-state index in [0.29, 0.717) is 12.1 Å². The molecule has 192 valence electrons. The van der Waals surface area contributed by atoms with Gasteiger partial charge in [-0.3, -0.25) is 4.79 Å². The maximum atomic E-state index is 12.4. The standard InChI is InChI=1S/C32H42N2O2/c1-2-3-4-5-6-7-8-9-10-14-24-33-32(35)28-22-20-27(21-23-28)26-34-29-16-15-19-31(25-29)36-30-17-12-11-13-18-30/h11-13,15-23,25,34H,2-10,14,24,26H2,1H3,(H,33,35). The number of nitrogens with one attached hydrogen (secondary N) is 2. The molecule has 0 unspecified atom stereocenters. The second kappa shape index (κ2) is 16.4. The SMILES string of the molecule is CCCCCCCCCCCCNC(=O)c1ccc(CNc2cccc(Oc3ccccc3)c2)cc1. The van der Waals surface area contributed by atoms with E-state index in [4.69, 9.17) is 4.74 Å². The second-order valence-electron chi connectivity index (χ2n) is 9.43. The van der Waals surface area contributed by atoms with E-state index in [9.17, 15) is 4.79 Å². The number of hydrogen-bond acceptors (Lipinski definition) is 3. The number of unbranched alkanes of at least 4 members (excludes halogenated alkanes) is 9. The molecule has 0 atom stereocenters. The number of hydrogen-bond donors (Lipinski definition) is 2. The first kappa shape index (κ1) is 27.3. The molecule has 4 heteroatoms. The first-order valence-electron chi connectivity index (χ1n) is 13.7. The minimum atomic E-state index is 0.0104. The fraction of sp³-hybridized carbons (Fsp3) is 0.406. The highest BCUT2D eigenvalue weighted by molar-refractivity contribution is 5.94. The molecule has 0 fully saturated rings. The van der Waals surface area contributed by atoms with Gasteiger partial charge in [0.15, 0.2) is 0 Å². The molecule has 0 aliphatic heterocycles. The van der Waals surface area contributed by atoms with E-state index in [1.807, 2.05) is 78.9 Å². The van der Waals surface area contributed by atoms with E-state index >= 15 is 0 Å². The molecule has 0 heterocycles. The maximum Gasteiger partial charge on any atom is 0.251 e. The van der Waals surface area contributed by atoms with Crippen LogP contribution < -0.4 is 15.4 Å². The molecule has 0 spiro atoms. The van der Waals surface area contributed by atoms with Crippen molar-refractivity contribution in [2.24, 2.45) is 0 Å². The van der Waals surface area contributed by atoms with E-state index in [-0.39, 0.29) is 5.91 Å². The summed E-state index contributed by atoms with van der Waals surface area (Å²) in [7, 11) is 0. The lowest BCUT2D eigenvalue weighted by molar-refractivity contribution is 0.0953. The number of anilines is 1. The fourth-order valence-corrected chi connectivity index (χ4v) is 4.19. The van der Waals surface area contributed by atoms with Gasteiger partial charge in [0.1, 0.15) is 11.5 Å². The number of carbonyl (C=O) groups excluding carboxylic acids is 1. The summed E-state index contributed by atoms with van der Waals surface area (Å²) in [6.45, 7) is 3.69. The van der Waals surface area contributed by atoms with Gasteiger partial charge in [-0.2, -0.15) is 0 Å². The van der Waals surface area contributed by atoms with Crippen molar-refractivity contribution in [2.75, 3.05) is 11.9 Å². The smallest absolute Gasteiger partial charge is 0.251 e. The van der Waals surface area contributed by atoms with Crippen molar-refractivity contribution in [1.82, 2.24) is 5.32 Å². The summed E-state index contributed by atoms with van der Waals surface area (Å²) >= 11 is 0. The van der Waals surface area contributed by atoms with Crippen molar-refractivity contribution >= 4 is 11.6 Å². The van der Waals surface area contributed by atoms with Crippen LogP contribution in [0.1, 0.15) is 87.1 Å². The molecule has 3 rings (SSSR count). The Morgan fingerprint density at radius 2 is 1.33 bits per heavy atom. The van der Waals surface area contributed by atoms with Crippen LogP contribution in [0.2, 0.25) is 0 Å². The highest BCUT2D eigenvalue weighted by Gasteiger charge is 2.05. The molecular weight excluding hydrogens is 444 g/mol. The third kappa shape index (κ3) is 10.6. The van der Waals surface area contributed by atoms with Gasteiger partial charge in [-0.05, 0) is 48.4 Å². The van der Waals surface area contributed by atoms with Crippen LogP contribution in [0, 0.1) is 0 Å². The molecule has 3 aromatic carbocycles. The Morgan fingerprint density at radius 3 is 2.03 bits per heavy atom. The Morgan fingerprint density at radius 1 is 0.694 bits per heavy atom. The molecule has 4 nitrogen and oxygen atoms in total. The average molecular weight is 487 g/mol. The lowest BCUT2D eigenvalue weighted by Gasteiger charge is -2.10. The predicted octanol–water partition coefficient (Wildman–Crippen LogP) is 8.74. The fourth-order valence-electron chi connectivity index (χ4n) is 4.19. The topological polar surface area (TPSA) is 50.4 Å². The zero-order valence-corrected chi connectivity index (χ0v) is 21.8. The third-order valence-electron chi connectivity index (χ3n) is 6.34. The van der Waals surface area contributed by atoms with Crippen LogP contribution in [0.4, 0.5) is 5.69 Å². The minimum absolute atomic E-state index is 0.0104. The van der Waals surface area contributed by atoms with Gasteiger partial charge in [0.25, 0.3) is 5.91 Å². The van der Waals surface area contributed by atoms with E-state index in [1.165, 1.54) is 57.8 Å². The van der Waals surface area contributed by atoms with Crippen molar-refractivity contribution in [3.63, 3.8) is 0 Å². The minimum Gasteiger partial charge on any atom is -0.457 e. The molecule has 36 heavy (non-hydrogen) atoms. The number of ether oxygens (including phenoxy) is 1. The van der Waals surface area contributed by atoms with Crippen LogP contribution in [0.3, 0.4) is 0 Å². The highest BCUT2D eigenvalue weighted by Crippen LogP contribution is 2.24. The summed E-state index contributed by atoms with van der Waals surface area (Å²) < 4.78 is 5.91. The summed E-state index contributed by atoms with van der Waals surface area (Å²) in [5.41, 5.74) is 2.82. The number of amides is 1. The molecule has 0 saturated heterocycles. The zero-order valence-electron chi connectivity index (χ0n) is 21.8. The first-order chi connectivity index (χ1) is 17.7. The van der Waals surface area contributed by atoms with Crippen LogP contribution in [0.25, 0.3) is 0 Å². The normalized spacial score (nSPS) is 10.7. The van der Waals surface area contributed by atoms with Crippen molar-refractivity contribution in [1.29, 1.82) is 0 Å². The van der Waals surface area contributed by atoms with Crippen LogP contribution in [-0.4, -0.2) is 12.5 Å². The van der Waals surface area contributed by atoms with Crippen LogP contribution in [0.5, 0.6) is 11.5 Å². The average Bonchev–Trinajstić information content (AvgIpc) is 2.91. The Hall–Kier alpha value is -3.27. The summed E-state index contributed by atoms with van der Waals surface area (Å²) in [6, 6.07) is 25.5. The van der Waals surface area contributed by atoms with E-state index in [1.54, 1.807) is 0 Å². The van der Waals surface area contributed by atoms with Gasteiger partial charge >= 0.3 is 0 Å². The number of para-hydroxylation sites is 1. The molecule has 0 radical (unpaired) electrons. The molecule has 3 aromatic rings. The first-order valence-corrected chi connectivity index (χ1v) is 13.7. The van der Waals surface area contributed by atoms with Crippen LogP contribution in [-0.2, 0) is 6.54 Å². The Kier molecular flexibility index (Phi) is 12.5. The number of carbonyl (C=O) groups is 1. The van der Waals surface area contributed by atoms with Gasteiger partial charge in [0.05, 0.1) is 0 Å². The van der Waals surface area contributed by atoms with Crippen molar-refractivity contribution in [3.8, 4) is 11.5 Å². The Balaban J connectivity index is 1.31. The molecule has 0 saturated carbocycles. The largest absolute Gasteiger partial charge is 0.457 e. The zero-order chi connectivity index (χ0) is 25.3.